The third-order valence-electron chi connectivity index (χ3n) is 4.38. The van der Waals surface area contributed by atoms with Crippen molar-refractivity contribution in [1.29, 1.82) is 0 Å². The average Bonchev–Trinajstić information content (AvgIpc) is 2.94. The van der Waals surface area contributed by atoms with E-state index in [4.69, 9.17) is 15.2 Å². The second-order valence-electron chi connectivity index (χ2n) is 6.07. The van der Waals surface area contributed by atoms with Crippen molar-refractivity contribution in [1.82, 2.24) is 4.90 Å². The van der Waals surface area contributed by atoms with Crippen LogP contribution in [0.4, 0.5) is 0 Å². The molecule has 1 amide bonds. The molecule has 0 unspecified atom stereocenters. The van der Waals surface area contributed by atoms with Gasteiger partial charge in [-0.15, -0.1) is 0 Å². The van der Waals surface area contributed by atoms with E-state index in [0.717, 1.165) is 42.7 Å². The first kappa shape index (κ1) is 14.2. The number of amides is 1. The van der Waals surface area contributed by atoms with Crippen LogP contribution in [0.1, 0.15) is 37.7 Å². The van der Waals surface area contributed by atoms with Crippen molar-refractivity contribution in [2.75, 3.05) is 13.8 Å². The molecule has 1 fully saturated rings. The quantitative estimate of drug-likeness (QED) is 0.925. The van der Waals surface area contributed by atoms with Gasteiger partial charge in [0.15, 0.2) is 11.5 Å². The second kappa shape index (κ2) is 5.56. The summed E-state index contributed by atoms with van der Waals surface area (Å²) in [6.07, 6.45) is 4.84. The molecule has 1 aliphatic heterocycles. The van der Waals surface area contributed by atoms with Crippen molar-refractivity contribution < 1.29 is 14.3 Å². The third kappa shape index (κ3) is 2.83. The van der Waals surface area contributed by atoms with Gasteiger partial charge in [-0.05, 0) is 30.5 Å². The van der Waals surface area contributed by atoms with E-state index >= 15 is 0 Å². The number of carbonyl (C=O) groups is 1. The van der Waals surface area contributed by atoms with E-state index in [2.05, 4.69) is 0 Å². The molecule has 21 heavy (non-hydrogen) atoms. The number of carbonyl (C=O) groups excluding carboxylic acids is 1. The Balaban J connectivity index is 1.68. The average molecular weight is 290 g/mol. The highest BCUT2D eigenvalue weighted by molar-refractivity contribution is 5.86. The molecule has 5 nitrogen and oxygen atoms in total. The lowest BCUT2D eigenvalue weighted by molar-refractivity contribution is -0.137. The fraction of sp³-hybridized carbons (Fsp3) is 0.562. The zero-order chi connectivity index (χ0) is 14.9. The minimum Gasteiger partial charge on any atom is -0.454 e. The number of nitrogens with two attached hydrogens (primary N) is 1. The minimum absolute atomic E-state index is 0.0415. The number of ether oxygens (including phenoxy) is 2. The van der Waals surface area contributed by atoms with E-state index in [9.17, 15) is 4.79 Å². The first-order valence-electron chi connectivity index (χ1n) is 7.51. The SMILES string of the molecule is CN(Cc1ccc2c(c1)OCO2)C(=O)C1(N)CCCCC1. The lowest BCUT2D eigenvalue weighted by atomic mass is 9.81. The van der Waals surface area contributed by atoms with E-state index in [0.29, 0.717) is 6.54 Å². The Bertz CT molecular complexity index is 538. The molecule has 5 heteroatoms. The molecule has 1 aromatic rings. The molecule has 0 radical (unpaired) electrons. The molecule has 0 aromatic heterocycles. The van der Waals surface area contributed by atoms with Crippen LogP contribution in [0.15, 0.2) is 18.2 Å². The van der Waals surface area contributed by atoms with Crippen LogP contribution in [0.3, 0.4) is 0 Å². The zero-order valence-electron chi connectivity index (χ0n) is 12.4. The van der Waals surface area contributed by atoms with Crippen molar-refractivity contribution in [2.24, 2.45) is 5.73 Å². The van der Waals surface area contributed by atoms with Gasteiger partial charge in [-0.25, -0.2) is 0 Å². The standard InChI is InChI=1S/C16H22N2O3/c1-18(15(19)16(17)7-3-2-4-8-16)10-12-5-6-13-14(9-12)21-11-20-13/h5-6,9H,2-4,7-8,10-11,17H2,1H3. The fourth-order valence-electron chi connectivity index (χ4n) is 3.16. The molecule has 1 aromatic carbocycles. The Hall–Kier alpha value is -1.75. The predicted octanol–water partition coefficient (Wildman–Crippen LogP) is 2.04. The molecule has 0 bridgehead atoms. The molecule has 0 saturated heterocycles. The summed E-state index contributed by atoms with van der Waals surface area (Å²) >= 11 is 0. The minimum atomic E-state index is -0.677. The van der Waals surface area contributed by atoms with Crippen molar-refractivity contribution in [3.05, 3.63) is 23.8 Å². The molecule has 1 aliphatic carbocycles. The predicted molar refractivity (Wildman–Crippen MR) is 79.0 cm³/mol. The summed E-state index contributed by atoms with van der Waals surface area (Å²) in [5.74, 6) is 1.55. The Kier molecular flexibility index (Phi) is 3.76. The zero-order valence-corrected chi connectivity index (χ0v) is 12.4. The molecular formula is C16H22N2O3. The van der Waals surface area contributed by atoms with Gasteiger partial charge in [-0.3, -0.25) is 4.79 Å². The van der Waals surface area contributed by atoms with E-state index in [1.165, 1.54) is 6.42 Å². The summed E-state index contributed by atoms with van der Waals surface area (Å²) in [5, 5.41) is 0. The van der Waals surface area contributed by atoms with E-state index in [1.807, 2.05) is 25.2 Å². The summed E-state index contributed by atoms with van der Waals surface area (Å²) in [6, 6.07) is 5.77. The van der Waals surface area contributed by atoms with Crippen molar-refractivity contribution >= 4 is 5.91 Å². The van der Waals surface area contributed by atoms with Crippen LogP contribution >= 0.6 is 0 Å². The van der Waals surface area contributed by atoms with Crippen LogP contribution in [0.5, 0.6) is 11.5 Å². The maximum absolute atomic E-state index is 12.6. The highest BCUT2D eigenvalue weighted by Gasteiger charge is 2.37. The number of rotatable bonds is 3. The van der Waals surface area contributed by atoms with Gasteiger partial charge in [0, 0.05) is 13.6 Å². The first-order valence-corrected chi connectivity index (χ1v) is 7.51. The molecule has 3 rings (SSSR count). The van der Waals surface area contributed by atoms with Crippen molar-refractivity contribution in [2.45, 2.75) is 44.2 Å². The monoisotopic (exact) mass is 290 g/mol. The molecule has 2 aliphatic rings. The topological polar surface area (TPSA) is 64.8 Å². The summed E-state index contributed by atoms with van der Waals surface area (Å²) in [4.78, 5) is 14.3. The molecule has 2 N–H and O–H groups in total. The van der Waals surface area contributed by atoms with E-state index in [-0.39, 0.29) is 12.7 Å². The van der Waals surface area contributed by atoms with Gasteiger partial charge in [-0.2, -0.15) is 0 Å². The van der Waals surface area contributed by atoms with Gasteiger partial charge in [0.2, 0.25) is 12.7 Å². The lowest BCUT2D eigenvalue weighted by Gasteiger charge is -2.35. The highest BCUT2D eigenvalue weighted by atomic mass is 16.7. The molecule has 0 spiro atoms. The number of likely N-dealkylation sites (N-methyl/N-ethyl adjacent to an activating group) is 1. The molecular weight excluding hydrogens is 268 g/mol. The second-order valence-corrected chi connectivity index (χ2v) is 6.07. The Labute approximate surface area is 125 Å². The third-order valence-corrected chi connectivity index (χ3v) is 4.38. The number of hydrogen-bond acceptors (Lipinski definition) is 4. The summed E-state index contributed by atoms with van der Waals surface area (Å²) in [6.45, 7) is 0.799. The molecule has 0 atom stereocenters. The maximum atomic E-state index is 12.6. The normalized spacial score (nSPS) is 19.3. The van der Waals surface area contributed by atoms with Gasteiger partial charge in [0.1, 0.15) is 0 Å². The van der Waals surface area contributed by atoms with E-state index in [1.54, 1.807) is 4.90 Å². The van der Waals surface area contributed by atoms with Crippen LogP contribution in [0.2, 0.25) is 0 Å². The first-order chi connectivity index (χ1) is 10.1. The number of nitrogens with zero attached hydrogens (tertiary/aromatic N) is 1. The highest BCUT2D eigenvalue weighted by Crippen LogP contribution is 2.33. The molecule has 1 saturated carbocycles. The lowest BCUT2D eigenvalue weighted by Crippen LogP contribution is -2.55. The Morgan fingerprint density at radius 1 is 1.24 bits per heavy atom. The summed E-state index contributed by atoms with van der Waals surface area (Å²) in [5.41, 5.74) is 6.66. The van der Waals surface area contributed by atoms with Gasteiger partial charge >= 0.3 is 0 Å². The van der Waals surface area contributed by atoms with Crippen molar-refractivity contribution in [3.63, 3.8) is 0 Å². The van der Waals surface area contributed by atoms with Crippen LogP contribution < -0.4 is 15.2 Å². The van der Waals surface area contributed by atoms with Crippen LogP contribution in [0.25, 0.3) is 0 Å². The van der Waals surface area contributed by atoms with Gasteiger partial charge in [0.25, 0.3) is 0 Å². The summed E-state index contributed by atoms with van der Waals surface area (Å²) < 4.78 is 10.7. The van der Waals surface area contributed by atoms with Gasteiger partial charge < -0.3 is 20.1 Å². The Morgan fingerprint density at radius 2 is 1.95 bits per heavy atom. The van der Waals surface area contributed by atoms with Crippen LogP contribution in [-0.4, -0.2) is 30.2 Å². The van der Waals surface area contributed by atoms with Gasteiger partial charge in [-0.1, -0.05) is 25.3 Å². The van der Waals surface area contributed by atoms with Gasteiger partial charge in [0.05, 0.1) is 5.54 Å². The number of benzene rings is 1. The van der Waals surface area contributed by atoms with Crippen LogP contribution in [-0.2, 0) is 11.3 Å². The fourth-order valence-corrected chi connectivity index (χ4v) is 3.16. The molecule has 1 heterocycles. The number of fused-ring (bicyclic) bond motifs is 1. The summed E-state index contributed by atoms with van der Waals surface area (Å²) in [7, 11) is 1.82. The van der Waals surface area contributed by atoms with Crippen LogP contribution in [0, 0.1) is 0 Å². The smallest absolute Gasteiger partial charge is 0.242 e. The maximum Gasteiger partial charge on any atom is 0.242 e. The largest absolute Gasteiger partial charge is 0.454 e. The van der Waals surface area contributed by atoms with E-state index < -0.39 is 5.54 Å². The van der Waals surface area contributed by atoms with Crippen molar-refractivity contribution in [3.8, 4) is 11.5 Å². The Morgan fingerprint density at radius 3 is 2.71 bits per heavy atom. The molecule has 114 valence electrons. The number of hydrogen-bond donors (Lipinski definition) is 1.